The van der Waals surface area contributed by atoms with Crippen molar-refractivity contribution in [2.24, 2.45) is 0 Å². The van der Waals surface area contributed by atoms with Gasteiger partial charge in [-0.15, -0.1) is 0 Å². The summed E-state index contributed by atoms with van der Waals surface area (Å²) in [5.74, 6) is 0.0178. The first-order valence-corrected chi connectivity index (χ1v) is 10.4. The molecule has 148 valence electrons. The summed E-state index contributed by atoms with van der Waals surface area (Å²) in [5, 5.41) is 5.60. The second-order valence-electron chi connectivity index (χ2n) is 8.05. The van der Waals surface area contributed by atoms with Crippen LogP contribution in [0.1, 0.15) is 47.3 Å². The maximum atomic E-state index is 13.2. The van der Waals surface area contributed by atoms with Crippen molar-refractivity contribution in [3.05, 3.63) is 69.8 Å². The molecule has 1 atom stereocenters. The van der Waals surface area contributed by atoms with Crippen LogP contribution in [0.4, 0.5) is 0 Å². The highest BCUT2D eigenvalue weighted by atomic mass is 16.2. The molecule has 3 heterocycles. The number of hydrogen-bond acceptors (Lipinski definition) is 4. The van der Waals surface area contributed by atoms with E-state index in [1.54, 1.807) is 16.9 Å². The van der Waals surface area contributed by atoms with Crippen molar-refractivity contribution < 1.29 is 4.79 Å². The summed E-state index contributed by atoms with van der Waals surface area (Å²) >= 11 is 0. The fourth-order valence-electron chi connectivity index (χ4n) is 4.60. The van der Waals surface area contributed by atoms with E-state index in [4.69, 9.17) is 0 Å². The maximum Gasteiger partial charge on any atom is 0.267 e. The van der Waals surface area contributed by atoms with Gasteiger partial charge in [-0.25, -0.2) is 4.68 Å². The Balaban J connectivity index is 1.39. The van der Waals surface area contributed by atoms with Crippen molar-refractivity contribution in [2.45, 2.75) is 51.1 Å². The molecule has 2 aromatic heterocycles. The molecule has 0 radical (unpaired) electrons. The second-order valence-corrected chi connectivity index (χ2v) is 8.05. The van der Waals surface area contributed by atoms with Crippen LogP contribution in [0.5, 0.6) is 0 Å². The molecule has 1 fully saturated rings. The summed E-state index contributed by atoms with van der Waals surface area (Å²) in [4.78, 5) is 32.0. The smallest absolute Gasteiger partial charge is 0.267 e. The second kappa shape index (κ2) is 7.43. The van der Waals surface area contributed by atoms with Gasteiger partial charge in [-0.05, 0) is 68.4 Å². The van der Waals surface area contributed by atoms with Gasteiger partial charge in [-0.1, -0.05) is 6.07 Å². The van der Waals surface area contributed by atoms with Crippen molar-refractivity contribution in [1.82, 2.24) is 19.7 Å². The van der Waals surface area contributed by atoms with E-state index >= 15 is 0 Å². The van der Waals surface area contributed by atoms with Gasteiger partial charge < -0.3 is 4.90 Å². The lowest BCUT2D eigenvalue weighted by Crippen LogP contribution is -2.41. The lowest BCUT2D eigenvalue weighted by atomic mass is 9.97. The molecule has 0 saturated carbocycles. The van der Waals surface area contributed by atoms with Crippen LogP contribution in [0, 0.1) is 0 Å². The maximum absolute atomic E-state index is 13.2. The third-order valence-electron chi connectivity index (χ3n) is 6.15. The van der Waals surface area contributed by atoms with Crippen LogP contribution in [-0.4, -0.2) is 38.2 Å². The van der Waals surface area contributed by atoms with Gasteiger partial charge in [0.25, 0.3) is 11.5 Å². The zero-order valence-corrected chi connectivity index (χ0v) is 16.4. The highest BCUT2D eigenvalue weighted by molar-refractivity contribution is 5.98. The molecule has 3 aromatic rings. The number of aryl methyl sites for hydroxylation is 2. The average Bonchev–Trinajstić information content (AvgIpc) is 3.21. The molecular weight excluding hydrogens is 364 g/mol. The van der Waals surface area contributed by atoms with E-state index in [2.05, 4.69) is 10.1 Å². The van der Waals surface area contributed by atoms with Gasteiger partial charge in [-0.3, -0.25) is 14.6 Å². The van der Waals surface area contributed by atoms with Crippen molar-refractivity contribution in [3.63, 3.8) is 0 Å². The molecule has 0 spiro atoms. The Morgan fingerprint density at radius 1 is 1.10 bits per heavy atom. The van der Waals surface area contributed by atoms with E-state index < -0.39 is 0 Å². The fraction of sp³-hybridized carbons (Fsp3) is 0.391. The molecule has 1 amide bonds. The quantitative estimate of drug-likeness (QED) is 0.692. The minimum Gasteiger partial charge on any atom is -0.334 e. The zero-order chi connectivity index (χ0) is 19.8. The zero-order valence-electron chi connectivity index (χ0n) is 16.4. The summed E-state index contributed by atoms with van der Waals surface area (Å²) in [6, 6.07) is 11.2. The Morgan fingerprint density at radius 2 is 2.00 bits per heavy atom. The summed E-state index contributed by atoms with van der Waals surface area (Å²) in [6.45, 7) is 1.18. The molecule has 6 nitrogen and oxygen atoms in total. The van der Waals surface area contributed by atoms with Crippen molar-refractivity contribution >= 4 is 16.8 Å². The third-order valence-corrected chi connectivity index (χ3v) is 6.15. The van der Waals surface area contributed by atoms with Crippen molar-refractivity contribution in [3.8, 4) is 0 Å². The Morgan fingerprint density at radius 3 is 2.93 bits per heavy atom. The largest absolute Gasteiger partial charge is 0.334 e. The predicted octanol–water partition coefficient (Wildman–Crippen LogP) is 2.98. The Hall–Kier alpha value is -3.02. The van der Waals surface area contributed by atoms with Crippen molar-refractivity contribution in [1.29, 1.82) is 0 Å². The van der Waals surface area contributed by atoms with Gasteiger partial charge in [0.05, 0.1) is 23.8 Å². The van der Waals surface area contributed by atoms with Gasteiger partial charge in [0, 0.05) is 29.8 Å². The molecule has 5 rings (SSSR count). The molecule has 1 aliphatic carbocycles. The predicted molar refractivity (Wildman–Crippen MR) is 111 cm³/mol. The normalized spacial score (nSPS) is 18.8. The first kappa shape index (κ1) is 18.0. The van der Waals surface area contributed by atoms with Gasteiger partial charge >= 0.3 is 0 Å². The Bertz CT molecular complexity index is 1140. The van der Waals surface area contributed by atoms with Gasteiger partial charge in [0.15, 0.2) is 0 Å². The van der Waals surface area contributed by atoms with Gasteiger partial charge in [-0.2, -0.15) is 5.10 Å². The molecule has 2 aliphatic rings. The highest BCUT2D eigenvalue weighted by Gasteiger charge is 2.30. The first-order chi connectivity index (χ1) is 14.2. The van der Waals surface area contributed by atoms with Crippen LogP contribution in [0.15, 0.2) is 47.4 Å². The highest BCUT2D eigenvalue weighted by Crippen LogP contribution is 2.23. The Kier molecular flexibility index (Phi) is 4.62. The van der Waals surface area contributed by atoms with Crippen LogP contribution in [0.25, 0.3) is 10.9 Å². The van der Waals surface area contributed by atoms with Gasteiger partial charge in [0.1, 0.15) is 0 Å². The number of fused-ring (bicyclic) bond motifs is 2. The third kappa shape index (κ3) is 3.43. The number of aromatic nitrogens is 3. The number of carbonyl (C=O) groups excluding carboxylic acids is 1. The lowest BCUT2D eigenvalue weighted by molar-refractivity contribution is 0.0720. The molecule has 1 aromatic carbocycles. The van der Waals surface area contributed by atoms with E-state index in [0.29, 0.717) is 18.7 Å². The summed E-state index contributed by atoms with van der Waals surface area (Å²) in [7, 11) is 0. The van der Waals surface area contributed by atoms with Crippen LogP contribution in [0.3, 0.4) is 0 Å². The van der Waals surface area contributed by atoms with Crippen LogP contribution >= 0.6 is 0 Å². The molecule has 1 saturated heterocycles. The molecule has 29 heavy (non-hydrogen) atoms. The summed E-state index contributed by atoms with van der Waals surface area (Å²) in [5.41, 5.74) is 3.65. The molecular formula is C23H24N4O2. The molecule has 1 aliphatic heterocycles. The standard InChI is InChI=1S/C23H24N4O2/c28-22-14-17-5-1-2-8-21(17)25-27(22)15-19-7-4-12-26(19)23(29)18-9-10-20-16(13-18)6-3-11-24-20/h3,6,9-11,13-14,19H,1-2,4-5,7-8,12,15H2. The number of nitrogens with zero attached hydrogens (tertiary/aromatic N) is 4. The minimum absolute atomic E-state index is 0.000985. The summed E-state index contributed by atoms with van der Waals surface area (Å²) in [6.07, 6.45) is 7.74. The van der Waals surface area contributed by atoms with E-state index in [-0.39, 0.29) is 17.5 Å². The molecule has 1 unspecified atom stereocenters. The van der Waals surface area contributed by atoms with E-state index in [1.807, 2.05) is 35.2 Å². The number of rotatable bonds is 3. The van der Waals surface area contributed by atoms with Crippen molar-refractivity contribution in [2.75, 3.05) is 6.54 Å². The van der Waals surface area contributed by atoms with E-state index in [0.717, 1.165) is 60.7 Å². The van der Waals surface area contributed by atoms with Crippen LogP contribution in [0.2, 0.25) is 0 Å². The number of carbonyl (C=O) groups is 1. The fourth-order valence-corrected chi connectivity index (χ4v) is 4.60. The van der Waals surface area contributed by atoms with E-state index in [1.165, 1.54) is 0 Å². The van der Waals surface area contributed by atoms with Crippen LogP contribution in [-0.2, 0) is 19.4 Å². The minimum atomic E-state index is -0.0540. The number of likely N-dealkylation sites (tertiary alicyclic amines) is 1. The molecule has 0 N–H and O–H groups in total. The number of hydrogen-bond donors (Lipinski definition) is 0. The average molecular weight is 388 g/mol. The first-order valence-electron chi connectivity index (χ1n) is 10.4. The number of pyridine rings is 1. The lowest BCUT2D eigenvalue weighted by Gasteiger charge is -2.26. The summed E-state index contributed by atoms with van der Waals surface area (Å²) < 4.78 is 1.57. The Labute approximate surface area is 169 Å². The number of benzene rings is 1. The van der Waals surface area contributed by atoms with Crippen LogP contribution < -0.4 is 5.56 Å². The van der Waals surface area contributed by atoms with Gasteiger partial charge in [0.2, 0.25) is 0 Å². The molecule has 0 bridgehead atoms. The SMILES string of the molecule is O=C(c1ccc2ncccc2c1)N1CCCC1Cn1nc2c(cc1=O)CCCC2. The monoisotopic (exact) mass is 388 g/mol. The number of amides is 1. The topological polar surface area (TPSA) is 68.1 Å². The molecule has 6 heteroatoms. The van der Waals surface area contributed by atoms with E-state index in [9.17, 15) is 9.59 Å².